The van der Waals surface area contributed by atoms with Crippen molar-refractivity contribution in [2.24, 2.45) is 5.14 Å². The third kappa shape index (κ3) is 6.04. The van der Waals surface area contributed by atoms with Crippen LogP contribution in [0.4, 0.5) is 11.4 Å². The third-order valence-corrected chi connectivity index (χ3v) is 3.85. The molecule has 1 aliphatic carbocycles. The second kappa shape index (κ2) is 8.92. The first-order valence-corrected chi connectivity index (χ1v) is 8.94. The smallest absolute Gasteiger partial charge is 0.292 e. The molecular formula is C14H22N4O5S. The van der Waals surface area contributed by atoms with E-state index in [-0.39, 0.29) is 16.7 Å². The summed E-state index contributed by atoms with van der Waals surface area (Å²) < 4.78 is 23.4. The van der Waals surface area contributed by atoms with E-state index in [1.165, 1.54) is 18.9 Å². The van der Waals surface area contributed by atoms with E-state index >= 15 is 0 Å². The fourth-order valence-corrected chi connectivity index (χ4v) is 2.64. The van der Waals surface area contributed by atoms with Crippen LogP contribution in [0.25, 0.3) is 0 Å². The summed E-state index contributed by atoms with van der Waals surface area (Å²) >= 11 is 0. The van der Waals surface area contributed by atoms with Gasteiger partial charge in [0.25, 0.3) is 5.69 Å². The molecule has 0 amide bonds. The van der Waals surface area contributed by atoms with E-state index in [1.54, 1.807) is 18.2 Å². The molecule has 1 aromatic carbocycles. The molecule has 0 bridgehead atoms. The molecule has 1 heterocycles. The molecule has 1 saturated carbocycles. The second-order valence-corrected chi connectivity index (χ2v) is 6.23. The monoisotopic (exact) mass is 358 g/mol. The van der Waals surface area contributed by atoms with Gasteiger partial charge in [-0.1, -0.05) is 12.1 Å². The summed E-state index contributed by atoms with van der Waals surface area (Å²) in [6.07, 6.45) is 2.69. The molecule has 0 unspecified atom stereocenters. The van der Waals surface area contributed by atoms with Crippen LogP contribution in [0.3, 0.4) is 0 Å². The minimum Gasteiger partial charge on any atom is -0.377 e. The Kier molecular flexibility index (Phi) is 6.91. The van der Waals surface area contributed by atoms with E-state index in [0.29, 0.717) is 12.2 Å². The normalized spacial score (nSPS) is 21.0. The first-order valence-electron chi connectivity index (χ1n) is 7.69. The molecule has 3 rings (SSSR count). The summed E-state index contributed by atoms with van der Waals surface area (Å²) in [4.78, 5) is 13.1. The van der Waals surface area contributed by atoms with Crippen LogP contribution >= 0.6 is 0 Å². The van der Waals surface area contributed by atoms with Crippen molar-refractivity contribution in [2.75, 3.05) is 31.6 Å². The largest absolute Gasteiger partial charge is 0.377 e. The molecule has 3 N–H and O–H groups in total. The van der Waals surface area contributed by atoms with Crippen molar-refractivity contribution in [2.45, 2.75) is 25.0 Å². The van der Waals surface area contributed by atoms with Crippen LogP contribution in [0.1, 0.15) is 12.8 Å². The van der Waals surface area contributed by atoms with Crippen LogP contribution < -0.4 is 10.5 Å². The lowest BCUT2D eigenvalue weighted by molar-refractivity contribution is -0.384. The van der Waals surface area contributed by atoms with Crippen LogP contribution in [-0.4, -0.2) is 56.6 Å². The second-order valence-electron chi connectivity index (χ2n) is 5.66. The highest BCUT2D eigenvalue weighted by molar-refractivity contribution is 7.69. The zero-order valence-corrected chi connectivity index (χ0v) is 14.1. The number of para-hydroxylation sites is 2. The number of morpholine rings is 1. The number of rotatable bonds is 5. The lowest BCUT2D eigenvalue weighted by Gasteiger charge is -2.33. The van der Waals surface area contributed by atoms with E-state index < -0.39 is 10.9 Å². The number of ether oxygens (including phenoxy) is 1. The Balaban J connectivity index is 0.000000471. The van der Waals surface area contributed by atoms with Gasteiger partial charge < -0.3 is 10.1 Å². The maximum absolute atomic E-state index is 10.9. The summed E-state index contributed by atoms with van der Waals surface area (Å²) in [5, 5.41) is 18.2. The van der Waals surface area contributed by atoms with Gasteiger partial charge in [0.05, 0.1) is 17.6 Å². The molecule has 0 aromatic heterocycles. The Morgan fingerprint density at radius 2 is 2.04 bits per heavy atom. The standard InChI is InChI=1S/C14H19N3O3.H3NO2S/c18-17(19)14-4-2-1-3-13(14)15-9-12-10-16(7-8-20-12)11-5-6-11;1-4(2)3/h1-4,11-12,15H,5-10H2;4H,(H2,1,2,3)/t12-;/m1./s1. The number of benzene rings is 1. The van der Waals surface area contributed by atoms with E-state index in [4.69, 9.17) is 13.2 Å². The Morgan fingerprint density at radius 3 is 2.67 bits per heavy atom. The molecule has 1 aromatic rings. The van der Waals surface area contributed by atoms with Crippen molar-refractivity contribution in [3.05, 3.63) is 34.4 Å². The zero-order chi connectivity index (χ0) is 17.5. The van der Waals surface area contributed by atoms with Gasteiger partial charge >= 0.3 is 0 Å². The van der Waals surface area contributed by atoms with E-state index in [9.17, 15) is 10.1 Å². The van der Waals surface area contributed by atoms with Crippen molar-refractivity contribution in [3.63, 3.8) is 0 Å². The predicted octanol–water partition coefficient (Wildman–Crippen LogP) is 0.341. The summed E-state index contributed by atoms with van der Waals surface area (Å²) in [7, 11) is -2.62. The highest BCUT2D eigenvalue weighted by Gasteiger charge is 2.32. The topological polar surface area (TPSA) is 128 Å². The van der Waals surface area contributed by atoms with Crippen LogP contribution in [0.15, 0.2) is 24.3 Å². The van der Waals surface area contributed by atoms with E-state index in [2.05, 4.69) is 15.4 Å². The SMILES string of the molecule is N[SH](=O)=O.O=[N+]([O-])c1ccccc1NC[C@@H]1CN(C2CC2)CCO1. The van der Waals surface area contributed by atoms with Crippen molar-refractivity contribution in [1.29, 1.82) is 0 Å². The highest BCUT2D eigenvalue weighted by atomic mass is 32.2. The van der Waals surface area contributed by atoms with E-state index in [0.717, 1.165) is 25.7 Å². The van der Waals surface area contributed by atoms with Gasteiger partial charge in [0.15, 0.2) is 10.9 Å². The van der Waals surface area contributed by atoms with Crippen molar-refractivity contribution in [3.8, 4) is 0 Å². The van der Waals surface area contributed by atoms with Crippen molar-refractivity contribution >= 4 is 22.3 Å². The molecule has 24 heavy (non-hydrogen) atoms. The van der Waals surface area contributed by atoms with Crippen molar-refractivity contribution in [1.82, 2.24) is 4.90 Å². The molecule has 2 fully saturated rings. The number of nitrogens with two attached hydrogens (primary N) is 1. The average Bonchev–Trinajstić information content (AvgIpc) is 3.38. The zero-order valence-electron chi connectivity index (χ0n) is 13.2. The molecule has 134 valence electrons. The van der Waals surface area contributed by atoms with Crippen LogP contribution in [0, 0.1) is 10.1 Å². The fourth-order valence-electron chi connectivity index (χ4n) is 2.64. The molecule has 10 heteroatoms. The predicted molar refractivity (Wildman–Crippen MR) is 90.4 cm³/mol. The molecule has 1 aliphatic heterocycles. The molecular weight excluding hydrogens is 336 g/mol. The van der Waals surface area contributed by atoms with Gasteiger partial charge in [0.2, 0.25) is 0 Å². The number of nitro benzene ring substituents is 1. The van der Waals surface area contributed by atoms with Crippen LogP contribution in [0.2, 0.25) is 0 Å². The number of nitrogens with one attached hydrogen (secondary N) is 1. The maximum atomic E-state index is 10.9. The van der Waals surface area contributed by atoms with Gasteiger partial charge in [-0.25, -0.2) is 13.6 Å². The van der Waals surface area contributed by atoms with E-state index in [1.807, 2.05) is 0 Å². The van der Waals surface area contributed by atoms with Gasteiger partial charge in [0, 0.05) is 31.7 Å². The third-order valence-electron chi connectivity index (χ3n) is 3.85. The molecule has 0 radical (unpaired) electrons. The summed E-state index contributed by atoms with van der Waals surface area (Å²) in [6.45, 7) is 3.28. The van der Waals surface area contributed by atoms with Gasteiger partial charge in [-0.15, -0.1) is 0 Å². The number of anilines is 1. The molecule has 0 spiro atoms. The number of hydrogen-bond donors (Lipinski definition) is 3. The van der Waals surface area contributed by atoms with Gasteiger partial charge in [-0.05, 0) is 18.9 Å². The Bertz CT molecular complexity index is 627. The number of nitrogens with zero attached hydrogens (tertiary/aromatic N) is 2. The average molecular weight is 358 g/mol. The molecule has 1 saturated heterocycles. The number of nitro groups is 1. The lowest BCUT2D eigenvalue weighted by Crippen LogP contribution is -2.46. The summed E-state index contributed by atoms with van der Waals surface area (Å²) in [5.41, 5.74) is 0.673. The van der Waals surface area contributed by atoms with Gasteiger partial charge in [0.1, 0.15) is 5.69 Å². The first kappa shape index (κ1) is 18.6. The van der Waals surface area contributed by atoms with Crippen LogP contribution in [-0.2, 0) is 15.6 Å². The lowest BCUT2D eigenvalue weighted by atomic mass is 10.2. The summed E-state index contributed by atoms with van der Waals surface area (Å²) in [5.74, 6) is 0. The maximum Gasteiger partial charge on any atom is 0.292 e. The minimum absolute atomic E-state index is 0.101. The first-order chi connectivity index (χ1) is 11.5. The van der Waals surface area contributed by atoms with Gasteiger partial charge in [-0.2, -0.15) is 0 Å². The fraction of sp³-hybridized carbons (Fsp3) is 0.571. The van der Waals surface area contributed by atoms with Crippen molar-refractivity contribution < 1.29 is 18.1 Å². The quantitative estimate of drug-likeness (QED) is 0.393. The number of hydrogen-bond acceptors (Lipinski definition) is 7. The highest BCUT2D eigenvalue weighted by Crippen LogP contribution is 2.28. The Labute approximate surface area is 142 Å². The Morgan fingerprint density at radius 1 is 1.38 bits per heavy atom. The molecule has 1 atom stereocenters. The molecule has 2 aliphatic rings. The van der Waals surface area contributed by atoms with Gasteiger partial charge in [-0.3, -0.25) is 15.0 Å². The summed E-state index contributed by atoms with van der Waals surface area (Å²) in [6, 6.07) is 7.47. The van der Waals surface area contributed by atoms with Crippen LogP contribution in [0.5, 0.6) is 0 Å². The Hall–Kier alpha value is -1.75. The number of thiol groups is 1. The molecule has 9 nitrogen and oxygen atoms in total. The minimum atomic E-state index is -2.62.